The molecule has 1 unspecified atom stereocenters. The summed E-state index contributed by atoms with van der Waals surface area (Å²) in [5.74, 6) is -0.590. The molecule has 6 nitrogen and oxygen atoms in total. The Morgan fingerprint density at radius 2 is 2.13 bits per heavy atom. The Kier molecular flexibility index (Phi) is 4.12. The minimum atomic E-state index is -1.06. The van der Waals surface area contributed by atoms with Crippen LogP contribution in [0.15, 0.2) is 24.3 Å². The topological polar surface area (TPSA) is 78.7 Å². The summed E-state index contributed by atoms with van der Waals surface area (Å²) < 4.78 is 0. The zero-order valence-corrected chi connectivity index (χ0v) is 13.7. The highest BCUT2D eigenvalue weighted by molar-refractivity contribution is 5.93. The van der Waals surface area contributed by atoms with Gasteiger partial charge in [0.2, 0.25) is 5.91 Å². The highest BCUT2D eigenvalue weighted by atomic mass is 16.2. The van der Waals surface area contributed by atoms with Crippen molar-refractivity contribution in [2.24, 2.45) is 11.7 Å². The summed E-state index contributed by atoms with van der Waals surface area (Å²) in [7, 11) is 0. The summed E-state index contributed by atoms with van der Waals surface area (Å²) in [4.78, 5) is 25.6. The van der Waals surface area contributed by atoms with E-state index < -0.39 is 5.54 Å². The zero-order valence-electron chi connectivity index (χ0n) is 13.7. The van der Waals surface area contributed by atoms with E-state index in [9.17, 15) is 9.59 Å². The number of benzene rings is 1. The molecule has 2 aliphatic heterocycles. The number of hydrazine groups is 1. The largest absolute Gasteiger partial charge is 0.338 e. The Morgan fingerprint density at radius 1 is 1.39 bits per heavy atom. The maximum atomic E-state index is 13.2. The van der Waals surface area contributed by atoms with Gasteiger partial charge in [-0.25, -0.2) is 5.01 Å². The van der Waals surface area contributed by atoms with Gasteiger partial charge in [0.05, 0.1) is 0 Å². The minimum absolute atomic E-state index is 0.0717. The third-order valence-corrected chi connectivity index (χ3v) is 4.87. The third-order valence-electron chi connectivity index (χ3n) is 4.87. The van der Waals surface area contributed by atoms with Crippen LogP contribution in [0.2, 0.25) is 0 Å². The van der Waals surface area contributed by atoms with Crippen molar-refractivity contribution < 1.29 is 9.59 Å². The fourth-order valence-electron chi connectivity index (χ4n) is 3.37. The molecule has 23 heavy (non-hydrogen) atoms. The van der Waals surface area contributed by atoms with Gasteiger partial charge in [-0.15, -0.1) is 0 Å². The quantitative estimate of drug-likeness (QED) is 0.855. The van der Waals surface area contributed by atoms with Gasteiger partial charge in [-0.3, -0.25) is 14.6 Å². The van der Waals surface area contributed by atoms with Gasteiger partial charge in [-0.1, -0.05) is 31.2 Å². The Bertz CT molecular complexity index is 633. The van der Waals surface area contributed by atoms with Gasteiger partial charge in [-0.2, -0.15) is 0 Å². The molecule has 3 rings (SSSR count). The number of nitrogens with one attached hydrogen (secondary N) is 1. The van der Waals surface area contributed by atoms with Crippen LogP contribution in [0.5, 0.6) is 0 Å². The van der Waals surface area contributed by atoms with Crippen molar-refractivity contribution in [2.45, 2.75) is 32.4 Å². The van der Waals surface area contributed by atoms with Crippen LogP contribution in [-0.4, -0.2) is 41.5 Å². The molecule has 1 aromatic carbocycles. The van der Waals surface area contributed by atoms with Gasteiger partial charge in [0.15, 0.2) is 0 Å². The van der Waals surface area contributed by atoms with Crippen LogP contribution in [0.25, 0.3) is 0 Å². The smallest absolute Gasteiger partial charge is 0.266 e. The molecule has 124 valence electrons. The fourth-order valence-corrected chi connectivity index (χ4v) is 3.37. The molecular weight excluding hydrogens is 292 g/mol. The Hall–Kier alpha value is -1.92. The van der Waals surface area contributed by atoms with E-state index in [1.165, 1.54) is 0 Å². The molecule has 2 heterocycles. The number of amides is 2. The first-order valence-corrected chi connectivity index (χ1v) is 8.14. The lowest BCUT2D eigenvalue weighted by Crippen LogP contribution is -2.57. The summed E-state index contributed by atoms with van der Waals surface area (Å²) in [6.07, 6.45) is 0.955. The molecular formula is C17H24N4O2. The summed E-state index contributed by atoms with van der Waals surface area (Å²) in [6.45, 7) is 6.09. The molecule has 6 heteroatoms. The molecule has 1 saturated heterocycles. The van der Waals surface area contributed by atoms with E-state index in [0.29, 0.717) is 13.1 Å². The number of hydrogen-bond donors (Lipinski definition) is 2. The van der Waals surface area contributed by atoms with Crippen LogP contribution in [0.4, 0.5) is 0 Å². The molecule has 0 spiro atoms. The SMILES string of the molecule is C[C@H](CN)C(=O)NC1(C)C(=O)N2CCCN2Cc2ccccc21. The lowest BCUT2D eigenvalue weighted by molar-refractivity contribution is -0.153. The maximum absolute atomic E-state index is 13.2. The number of nitrogens with two attached hydrogens (primary N) is 1. The molecule has 1 aromatic rings. The molecule has 0 aliphatic carbocycles. The van der Waals surface area contributed by atoms with Crippen LogP contribution in [0, 0.1) is 5.92 Å². The monoisotopic (exact) mass is 316 g/mol. The van der Waals surface area contributed by atoms with Gasteiger partial charge in [0, 0.05) is 32.1 Å². The van der Waals surface area contributed by atoms with Crippen molar-refractivity contribution >= 4 is 11.8 Å². The lowest BCUT2D eigenvalue weighted by Gasteiger charge is -2.34. The maximum Gasteiger partial charge on any atom is 0.266 e. The summed E-state index contributed by atoms with van der Waals surface area (Å²) in [6, 6.07) is 7.85. The van der Waals surface area contributed by atoms with Gasteiger partial charge < -0.3 is 11.1 Å². The molecule has 3 N–H and O–H groups in total. The van der Waals surface area contributed by atoms with Crippen molar-refractivity contribution in [3.05, 3.63) is 35.4 Å². The molecule has 0 saturated carbocycles. The molecule has 0 aromatic heterocycles. The first-order chi connectivity index (χ1) is 11.0. The molecule has 0 radical (unpaired) electrons. The molecule has 0 bridgehead atoms. The molecule has 2 amide bonds. The summed E-state index contributed by atoms with van der Waals surface area (Å²) in [5, 5.41) is 6.83. The van der Waals surface area contributed by atoms with Crippen LogP contribution >= 0.6 is 0 Å². The van der Waals surface area contributed by atoms with Gasteiger partial charge >= 0.3 is 0 Å². The number of hydrogen-bond acceptors (Lipinski definition) is 4. The molecule has 2 atom stereocenters. The standard InChI is InChI=1S/C17H24N4O2/c1-12(10-18)15(22)19-17(2)14-7-4-3-6-13(14)11-20-8-5-9-21(20)16(17)23/h3-4,6-7,12H,5,8-11,18H2,1-2H3,(H,19,22)/t12-,17?/m1/s1. The second kappa shape index (κ2) is 5.94. The van der Waals surface area contributed by atoms with Crippen molar-refractivity contribution in [1.82, 2.24) is 15.3 Å². The average Bonchev–Trinajstić information content (AvgIpc) is 2.98. The van der Waals surface area contributed by atoms with E-state index in [1.54, 1.807) is 18.9 Å². The van der Waals surface area contributed by atoms with E-state index in [0.717, 1.165) is 24.1 Å². The van der Waals surface area contributed by atoms with Crippen molar-refractivity contribution in [2.75, 3.05) is 19.6 Å². The van der Waals surface area contributed by atoms with Crippen LogP contribution in [0.1, 0.15) is 31.4 Å². The highest BCUT2D eigenvalue weighted by Gasteiger charge is 2.46. The third kappa shape index (κ3) is 2.62. The van der Waals surface area contributed by atoms with Gasteiger partial charge in [0.25, 0.3) is 5.91 Å². The van der Waals surface area contributed by atoms with Crippen LogP contribution < -0.4 is 11.1 Å². The number of fused-ring (bicyclic) bond motifs is 2. The normalized spacial score (nSPS) is 25.5. The summed E-state index contributed by atoms with van der Waals surface area (Å²) in [5.41, 5.74) is 6.49. The van der Waals surface area contributed by atoms with Gasteiger partial charge in [0.1, 0.15) is 5.54 Å². The molecule has 1 fully saturated rings. The predicted molar refractivity (Wildman–Crippen MR) is 86.9 cm³/mol. The van der Waals surface area contributed by atoms with E-state index in [1.807, 2.05) is 24.3 Å². The van der Waals surface area contributed by atoms with Gasteiger partial charge in [-0.05, 0) is 24.5 Å². The fraction of sp³-hybridized carbons (Fsp3) is 0.529. The second-order valence-corrected chi connectivity index (χ2v) is 6.58. The zero-order chi connectivity index (χ0) is 16.6. The summed E-state index contributed by atoms with van der Waals surface area (Å²) >= 11 is 0. The van der Waals surface area contributed by atoms with E-state index in [4.69, 9.17) is 5.73 Å². The predicted octanol–water partition coefficient (Wildman–Crippen LogP) is 0.576. The molecule has 2 aliphatic rings. The number of carbonyl (C=O) groups excluding carboxylic acids is 2. The Balaban J connectivity index is 2.04. The Morgan fingerprint density at radius 3 is 2.87 bits per heavy atom. The number of carbonyl (C=O) groups is 2. The Labute approximate surface area is 136 Å². The minimum Gasteiger partial charge on any atom is -0.338 e. The van der Waals surface area contributed by atoms with E-state index >= 15 is 0 Å². The first-order valence-electron chi connectivity index (χ1n) is 8.14. The highest BCUT2D eigenvalue weighted by Crippen LogP contribution is 2.34. The van der Waals surface area contributed by atoms with E-state index in [-0.39, 0.29) is 24.3 Å². The lowest BCUT2D eigenvalue weighted by atomic mass is 9.86. The van der Waals surface area contributed by atoms with Crippen LogP contribution in [0.3, 0.4) is 0 Å². The number of rotatable bonds is 3. The van der Waals surface area contributed by atoms with Crippen molar-refractivity contribution in [3.63, 3.8) is 0 Å². The average molecular weight is 316 g/mol. The van der Waals surface area contributed by atoms with Crippen molar-refractivity contribution in [1.29, 1.82) is 0 Å². The second-order valence-electron chi connectivity index (χ2n) is 6.58. The van der Waals surface area contributed by atoms with Crippen molar-refractivity contribution in [3.8, 4) is 0 Å². The van der Waals surface area contributed by atoms with Crippen LogP contribution in [-0.2, 0) is 21.7 Å². The van der Waals surface area contributed by atoms with E-state index in [2.05, 4.69) is 10.3 Å². The first kappa shape index (κ1) is 16.0. The number of nitrogens with zero attached hydrogens (tertiary/aromatic N) is 2.